The minimum atomic E-state index is -0.460. The van der Waals surface area contributed by atoms with Gasteiger partial charge in [0.15, 0.2) is 0 Å². The van der Waals surface area contributed by atoms with Gasteiger partial charge in [-0.15, -0.1) is 0 Å². The fourth-order valence-electron chi connectivity index (χ4n) is 1.36. The number of hydrogen-bond acceptors (Lipinski definition) is 3. The number of ether oxygens (including phenoxy) is 2. The molecule has 0 bridgehead atoms. The van der Waals surface area contributed by atoms with Crippen molar-refractivity contribution < 1.29 is 14.3 Å². The van der Waals surface area contributed by atoms with E-state index in [2.05, 4.69) is 0 Å². The Morgan fingerprint density at radius 3 is 2.56 bits per heavy atom. The molecule has 0 aromatic heterocycles. The van der Waals surface area contributed by atoms with Gasteiger partial charge in [-0.25, -0.2) is 0 Å². The maximum Gasteiger partial charge on any atom is 0.309 e. The van der Waals surface area contributed by atoms with Gasteiger partial charge in [-0.3, -0.25) is 4.79 Å². The number of benzene rings is 1. The second-order valence-corrected chi connectivity index (χ2v) is 5.53. The predicted octanol–water partition coefficient (Wildman–Crippen LogP) is 3.76. The summed E-state index contributed by atoms with van der Waals surface area (Å²) in [5.74, 6) is 0.316. The molecule has 0 aliphatic carbocycles. The zero-order valence-corrected chi connectivity index (χ0v) is 12.0. The van der Waals surface area contributed by atoms with Crippen molar-refractivity contribution >= 4 is 17.6 Å². The summed E-state index contributed by atoms with van der Waals surface area (Å²) in [6.07, 6.45) is 0.210. The molecular weight excluding hydrogens is 252 g/mol. The maximum atomic E-state index is 11.5. The lowest BCUT2D eigenvalue weighted by molar-refractivity contribution is -0.155. The van der Waals surface area contributed by atoms with Crippen molar-refractivity contribution in [3.63, 3.8) is 0 Å². The van der Waals surface area contributed by atoms with Gasteiger partial charge in [-0.1, -0.05) is 17.7 Å². The Bertz CT molecular complexity index is 422. The Morgan fingerprint density at radius 1 is 1.33 bits per heavy atom. The first-order valence-electron chi connectivity index (χ1n) is 5.89. The van der Waals surface area contributed by atoms with Gasteiger partial charge in [0.2, 0.25) is 0 Å². The number of carbonyl (C=O) groups excluding carboxylic acids is 1. The van der Waals surface area contributed by atoms with Crippen LogP contribution < -0.4 is 4.74 Å². The number of aryl methyl sites for hydroxylation is 1. The second-order valence-electron chi connectivity index (χ2n) is 5.12. The summed E-state index contributed by atoms with van der Waals surface area (Å²) in [4.78, 5) is 11.5. The maximum absolute atomic E-state index is 11.5. The van der Waals surface area contributed by atoms with Crippen LogP contribution in [0.3, 0.4) is 0 Å². The molecule has 0 radical (unpaired) electrons. The van der Waals surface area contributed by atoms with Crippen LogP contribution in [0.5, 0.6) is 5.75 Å². The van der Waals surface area contributed by atoms with Crippen LogP contribution in [0.4, 0.5) is 0 Å². The Morgan fingerprint density at radius 2 is 2.00 bits per heavy atom. The molecule has 0 aliphatic heterocycles. The van der Waals surface area contributed by atoms with E-state index in [1.165, 1.54) is 0 Å². The van der Waals surface area contributed by atoms with Crippen molar-refractivity contribution in [1.29, 1.82) is 0 Å². The molecule has 1 aromatic carbocycles. The number of carbonyl (C=O) groups is 1. The third-order valence-corrected chi connectivity index (χ3v) is 2.37. The minimum absolute atomic E-state index is 0.210. The molecule has 0 saturated heterocycles. The average molecular weight is 271 g/mol. The Balaban J connectivity index is 2.40. The van der Waals surface area contributed by atoms with Crippen LogP contribution >= 0.6 is 11.6 Å². The SMILES string of the molecule is Cc1ccc(OCCC(=O)OC(C)(C)C)c(Cl)c1. The quantitative estimate of drug-likeness (QED) is 0.782. The van der Waals surface area contributed by atoms with Gasteiger partial charge in [-0.05, 0) is 45.4 Å². The molecule has 0 unspecified atom stereocenters. The standard InChI is InChI=1S/C14H19ClO3/c1-10-5-6-12(11(15)9-10)17-8-7-13(16)18-14(2,3)4/h5-6,9H,7-8H2,1-4H3. The fourth-order valence-corrected chi connectivity index (χ4v) is 1.65. The molecule has 0 atom stereocenters. The van der Waals surface area contributed by atoms with Gasteiger partial charge in [0.05, 0.1) is 18.1 Å². The highest BCUT2D eigenvalue weighted by molar-refractivity contribution is 6.32. The molecule has 100 valence electrons. The first-order valence-corrected chi connectivity index (χ1v) is 6.26. The Kier molecular flexibility index (Phi) is 5.03. The molecule has 0 heterocycles. The molecule has 0 N–H and O–H groups in total. The van der Waals surface area contributed by atoms with Gasteiger partial charge in [-0.2, -0.15) is 0 Å². The largest absolute Gasteiger partial charge is 0.491 e. The van der Waals surface area contributed by atoms with Crippen molar-refractivity contribution in [2.45, 2.75) is 39.7 Å². The molecule has 4 heteroatoms. The lowest BCUT2D eigenvalue weighted by Gasteiger charge is -2.19. The second kappa shape index (κ2) is 6.10. The fraction of sp³-hybridized carbons (Fsp3) is 0.500. The van der Waals surface area contributed by atoms with Crippen molar-refractivity contribution in [1.82, 2.24) is 0 Å². The molecule has 0 amide bonds. The Labute approximate surface area is 113 Å². The predicted molar refractivity (Wildman–Crippen MR) is 72.1 cm³/mol. The monoisotopic (exact) mass is 270 g/mol. The first kappa shape index (κ1) is 14.8. The minimum Gasteiger partial charge on any atom is -0.491 e. The zero-order valence-electron chi connectivity index (χ0n) is 11.2. The van der Waals surface area contributed by atoms with Crippen LogP contribution in [0.1, 0.15) is 32.8 Å². The zero-order chi connectivity index (χ0) is 13.8. The normalized spacial score (nSPS) is 11.2. The molecule has 1 aromatic rings. The number of halogens is 1. The molecular formula is C14H19ClO3. The van der Waals surface area contributed by atoms with Gasteiger partial charge in [0, 0.05) is 0 Å². The van der Waals surface area contributed by atoms with E-state index >= 15 is 0 Å². The third kappa shape index (κ3) is 5.41. The number of esters is 1. The summed E-state index contributed by atoms with van der Waals surface area (Å²) < 4.78 is 10.6. The summed E-state index contributed by atoms with van der Waals surface area (Å²) in [5.41, 5.74) is 0.609. The van der Waals surface area contributed by atoms with Gasteiger partial charge >= 0.3 is 5.97 Å². The van der Waals surface area contributed by atoms with E-state index in [0.717, 1.165) is 5.56 Å². The molecule has 3 nitrogen and oxygen atoms in total. The van der Waals surface area contributed by atoms with Crippen LogP contribution in [0, 0.1) is 6.92 Å². The van der Waals surface area contributed by atoms with Gasteiger partial charge in [0.1, 0.15) is 11.4 Å². The summed E-state index contributed by atoms with van der Waals surface area (Å²) in [7, 11) is 0. The lowest BCUT2D eigenvalue weighted by atomic mass is 10.2. The van der Waals surface area contributed by atoms with Gasteiger partial charge in [0.25, 0.3) is 0 Å². The van der Waals surface area contributed by atoms with Crippen LogP contribution in [-0.2, 0) is 9.53 Å². The molecule has 18 heavy (non-hydrogen) atoms. The highest BCUT2D eigenvalue weighted by atomic mass is 35.5. The van der Waals surface area contributed by atoms with Crippen molar-refractivity contribution in [2.24, 2.45) is 0 Å². The molecule has 0 aliphatic rings. The third-order valence-electron chi connectivity index (χ3n) is 2.07. The van der Waals surface area contributed by atoms with E-state index in [-0.39, 0.29) is 19.0 Å². The summed E-state index contributed by atoms with van der Waals surface area (Å²) >= 11 is 6.01. The number of hydrogen-bond donors (Lipinski definition) is 0. The Hall–Kier alpha value is -1.22. The molecule has 1 rings (SSSR count). The van der Waals surface area contributed by atoms with E-state index in [4.69, 9.17) is 21.1 Å². The van der Waals surface area contributed by atoms with Crippen molar-refractivity contribution in [3.05, 3.63) is 28.8 Å². The van der Waals surface area contributed by atoms with Crippen LogP contribution in [0.25, 0.3) is 0 Å². The van der Waals surface area contributed by atoms with Crippen LogP contribution in [0.2, 0.25) is 5.02 Å². The van der Waals surface area contributed by atoms with Gasteiger partial charge < -0.3 is 9.47 Å². The van der Waals surface area contributed by atoms with Crippen molar-refractivity contribution in [3.8, 4) is 5.75 Å². The molecule has 0 spiro atoms. The molecule has 0 saturated carbocycles. The lowest BCUT2D eigenvalue weighted by Crippen LogP contribution is -2.24. The van der Waals surface area contributed by atoms with Crippen molar-refractivity contribution in [2.75, 3.05) is 6.61 Å². The molecule has 0 fully saturated rings. The summed E-state index contributed by atoms with van der Waals surface area (Å²) in [6.45, 7) is 7.72. The first-order chi connectivity index (χ1) is 8.28. The van der Waals surface area contributed by atoms with E-state index < -0.39 is 5.60 Å². The highest BCUT2D eigenvalue weighted by Gasteiger charge is 2.16. The summed E-state index contributed by atoms with van der Waals surface area (Å²) in [6, 6.07) is 5.53. The topological polar surface area (TPSA) is 35.5 Å². The van der Waals surface area contributed by atoms with Crippen LogP contribution in [0.15, 0.2) is 18.2 Å². The smallest absolute Gasteiger partial charge is 0.309 e. The highest BCUT2D eigenvalue weighted by Crippen LogP contribution is 2.25. The van der Waals surface area contributed by atoms with E-state index in [9.17, 15) is 4.79 Å². The summed E-state index contributed by atoms with van der Waals surface area (Å²) in [5, 5.41) is 0.555. The van der Waals surface area contributed by atoms with E-state index in [1.807, 2.05) is 39.8 Å². The van der Waals surface area contributed by atoms with E-state index in [0.29, 0.717) is 10.8 Å². The number of rotatable bonds is 4. The van der Waals surface area contributed by atoms with Crippen LogP contribution in [-0.4, -0.2) is 18.2 Å². The average Bonchev–Trinajstić information content (AvgIpc) is 2.18. The van der Waals surface area contributed by atoms with E-state index in [1.54, 1.807) is 6.07 Å².